The van der Waals surface area contributed by atoms with Crippen molar-refractivity contribution in [1.82, 2.24) is 5.32 Å². The van der Waals surface area contributed by atoms with Crippen molar-refractivity contribution in [2.24, 2.45) is 5.41 Å². The first-order valence-corrected chi connectivity index (χ1v) is 11.9. The van der Waals surface area contributed by atoms with Gasteiger partial charge in [-0.2, -0.15) is 0 Å². The number of furan rings is 1. The second-order valence-electron chi connectivity index (χ2n) is 9.17. The van der Waals surface area contributed by atoms with Crippen molar-refractivity contribution in [3.05, 3.63) is 74.9 Å². The van der Waals surface area contributed by atoms with Gasteiger partial charge in [-0.05, 0) is 65.9 Å². The van der Waals surface area contributed by atoms with E-state index in [1.54, 1.807) is 6.92 Å². The Morgan fingerprint density at radius 3 is 2.70 bits per heavy atom. The quantitative estimate of drug-likeness (QED) is 0.492. The third-order valence-corrected chi connectivity index (χ3v) is 6.56. The van der Waals surface area contributed by atoms with Crippen LogP contribution in [0.3, 0.4) is 0 Å². The lowest BCUT2D eigenvalue weighted by molar-refractivity contribution is -0.138. The summed E-state index contributed by atoms with van der Waals surface area (Å²) in [4.78, 5) is 26.2. The van der Waals surface area contributed by atoms with E-state index in [2.05, 4.69) is 35.1 Å². The number of dihydropyridines is 1. The number of hydrogen-bond donors (Lipinski definition) is 1. The summed E-state index contributed by atoms with van der Waals surface area (Å²) in [6.07, 6.45) is 1.13. The van der Waals surface area contributed by atoms with E-state index in [0.717, 1.165) is 16.6 Å². The van der Waals surface area contributed by atoms with E-state index in [0.29, 0.717) is 40.5 Å². The van der Waals surface area contributed by atoms with E-state index in [4.69, 9.17) is 13.9 Å². The minimum atomic E-state index is -0.610. The number of rotatable bonds is 6. The lowest BCUT2D eigenvalue weighted by Gasteiger charge is -2.38. The zero-order valence-electron chi connectivity index (χ0n) is 19.3. The van der Waals surface area contributed by atoms with Gasteiger partial charge in [-0.1, -0.05) is 26.0 Å². The molecule has 1 N–H and O–H groups in total. The molecular weight excluding hydrogens is 486 g/mol. The molecule has 1 aromatic carbocycles. The van der Waals surface area contributed by atoms with Crippen LogP contribution in [-0.2, 0) is 20.9 Å². The van der Waals surface area contributed by atoms with Crippen LogP contribution < -0.4 is 10.1 Å². The number of esters is 1. The summed E-state index contributed by atoms with van der Waals surface area (Å²) in [6.45, 7) is 8.23. The molecule has 6 nitrogen and oxygen atoms in total. The summed E-state index contributed by atoms with van der Waals surface area (Å²) in [6, 6.07) is 11.2. The monoisotopic (exact) mass is 513 g/mol. The van der Waals surface area contributed by atoms with Crippen molar-refractivity contribution >= 4 is 27.7 Å². The van der Waals surface area contributed by atoms with Gasteiger partial charge in [0, 0.05) is 23.4 Å². The first-order valence-electron chi connectivity index (χ1n) is 11.1. The van der Waals surface area contributed by atoms with Gasteiger partial charge in [-0.15, -0.1) is 0 Å². The van der Waals surface area contributed by atoms with Crippen LogP contribution in [-0.4, -0.2) is 18.4 Å². The lowest BCUT2D eigenvalue weighted by atomic mass is 9.69. The van der Waals surface area contributed by atoms with Gasteiger partial charge in [-0.3, -0.25) is 4.79 Å². The summed E-state index contributed by atoms with van der Waals surface area (Å²) in [5.74, 6) is 0.807. The van der Waals surface area contributed by atoms with E-state index < -0.39 is 11.9 Å². The summed E-state index contributed by atoms with van der Waals surface area (Å²) in [5.41, 5.74) is 2.40. The molecule has 0 fully saturated rings. The molecule has 0 radical (unpaired) electrons. The highest BCUT2D eigenvalue weighted by Gasteiger charge is 2.44. The van der Waals surface area contributed by atoms with Crippen molar-refractivity contribution < 1.29 is 23.5 Å². The number of Topliss-reactive ketones (excluding diaryl/α,β-unsaturated/α-hetero) is 1. The van der Waals surface area contributed by atoms with Crippen LogP contribution in [0.5, 0.6) is 5.75 Å². The van der Waals surface area contributed by atoms with Gasteiger partial charge in [-0.25, -0.2) is 4.79 Å². The molecule has 33 heavy (non-hydrogen) atoms. The minimum absolute atomic E-state index is 0.0236. The Morgan fingerprint density at radius 2 is 1.97 bits per heavy atom. The molecule has 1 atom stereocenters. The summed E-state index contributed by atoms with van der Waals surface area (Å²) >= 11 is 3.47. The normalized spacial score (nSPS) is 19.8. The Hall–Kier alpha value is -2.80. The molecule has 0 saturated carbocycles. The summed E-state index contributed by atoms with van der Waals surface area (Å²) in [7, 11) is 0. The fraction of sp³-hybridized carbons (Fsp3) is 0.385. The average molecular weight is 514 g/mol. The van der Waals surface area contributed by atoms with E-state index in [-0.39, 0.29) is 24.4 Å². The Kier molecular flexibility index (Phi) is 6.52. The zero-order chi connectivity index (χ0) is 23.8. The van der Waals surface area contributed by atoms with Gasteiger partial charge < -0.3 is 19.2 Å². The van der Waals surface area contributed by atoms with Crippen LogP contribution in [0.15, 0.2) is 67.8 Å². The predicted octanol–water partition coefficient (Wildman–Crippen LogP) is 5.79. The topological polar surface area (TPSA) is 77.8 Å². The molecule has 7 heteroatoms. The number of allylic oxidation sites excluding steroid dienone is 3. The van der Waals surface area contributed by atoms with Crippen molar-refractivity contribution in [3.63, 3.8) is 0 Å². The fourth-order valence-electron chi connectivity index (χ4n) is 4.54. The predicted molar refractivity (Wildman–Crippen MR) is 127 cm³/mol. The maximum Gasteiger partial charge on any atom is 0.336 e. The SMILES string of the molecule is CCOC(=O)C1=C(C)NC2=C(C(=O)CC(C)(C)C2)[C@@H]1c1ccc(COc2ccccc2Br)o1. The molecule has 0 spiro atoms. The molecule has 2 aromatic rings. The van der Waals surface area contributed by atoms with Gasteiger partial charge in [0.1, 0.15) is 23.9 Å². The number of nitrogens with one attached hydrogen (secondary N) is 1. The smallest absolute Gasteiger partial charge is 0.336 e. The standard InChI is InChI=1S/C26H28BrNO5/c1-5-31-25(30)22-15(2)28-18-12-26(3,4)13-19(29)23(18)24(22)21-11-10-16(33-21)14-32-20-9-7-6-8-17(20)27/h6-11,24,28H,5,12-14H2,1-4H3/t24-/m1/s1. The average Bonchev–Trinajstić information content (AvgIpc) is 3.20. The van der Waals surface area contributed by atoms with Crippen LogP contribution in [0.25, 0.3) is 0 Å². The van der Waals surface area contributed by atoms with Crippen LogP contribution in [0.2, 0.25) is 0 Å². The van der Waals surface area contributed by atoms with Crippen molar-refractivity contribution in [2.75, 3.05) is 6.61 Å². The Morgan fingerprint density at radius 1 is 1.21 bits per heavy atom. The van der Waals surface area contributed by atoms with Crippen LogP contribution in [0, 0.1) is 5.41 Å². The van der Waals surface area contributed by atoms with E-state index >= 15 is 0 Å². The lowest BCUT2D eigenvalue weighted by Crippen LogP contribution is -2.38. The highest BCUT2D eigenvalue weighted by atomic mass is 79.9. The number of carbonyl (C=O) groups excluding carboxylic acids is 2. The fourth-order valence-corrected chi connectivity index (χ4v) is 4.94. The molecule has 1 aliphatic heterocycles. The second-order valence-corrected chi connectivity index (χ2v) is 10.0. The van der Waals surface area contributed by atoms with E-state index in [1.165, 1.54) is 0 Å². The molecule has 2 aliphatic rings. The molecule has 0 saturated heterocycles. The highest BCUT2D eigenvalue weighted by Crippen LogP contribution is 2.47. The number of carbonyl (C=O) groups is 2. The van der Waals surface area contributed by atoms with Crippen molar-refractivity contribution in [2.45, 2.75) is 53.1 Å². The van der Waals surface area contributed by atoms with Gasteiger partial charge in [0.2, 0.25) is 0 Å². The van der Waals surface area contributed by atoms with Gasteiger partial charge in [0.25, 0.3) is 0 Å². The molecule has 174 valence electrons. The molecular formula is C26H28BrNO5. The van der Waals surface area contributed by atoms with Crippen LogP contribution in [0.4, 0.5) is 0 Å². The minimum Gasteiger partial charge on any atom is -0.484 e. The number of ketones is 1. The van der Waals surface area contributed by atoms with E-state index in [9.17, 15) is 9.59 Å². The third-order valence-electron chi connectivity index (χ3n) is 5.91. The third kappa shape index (κ3) is 4.78. The number of halogens is 1. The highest BCUT2D eigenvalue weighted by molar-refractivity contribution is 9.10. The number of hydrogen-bond acceptors (Lipinski definition) is 6. The van der Waals surface area contributed by atoms with Crippen LogP contribution in [0.1, 0.15) is 58.0 Å². The summed E-state index contributed by atoms with van der Waals surface area (Å²) < 4.78 is 18.2. The van der Waals surface area contributed by atoms with Gasteiger partial charge in [0.15, 0.2) is 5.78 Å². The van der Waals surface area contributed by atoms with Crippen LogP contribution >= 0.6 is 15.9 Å². The first kappa shape index (κ1) is 23.4. The molecule has 2 heterocycles. The maximum atomic E-state index is 13.3. The molecule has 1 aliphatic carbocycles. The molecule has 0 amide bonds. The number of para-hydroxylation sites is 1. The Balaban J connectivity index is 1.69. The number of ether oxygens (including phenoxy) is 2. The second kappa shape index (κ2) is 9.21. The molecule has 4 rings (SSSR count). The van der Waals surface area contributed by atoms with Gasteiger partial charge in [0.05, 0.1) is 22.6 Å². The van der Waals surface area contributed by atoms with Crippen molar-refractivity contribution in [3.8, 4) is 5.75 Å². The zero-order valence-corrected chi connectivity index (χ0v) is 20.9. The van der Waals surface area contributed by atoms with Gasteiger partial charge >= 0.3 is 5.97 Å². The molecule has 0 bridgehead atoms. The van der Waals surface area contributed by atoms with Crippen molar-refractivity contribution in [1.29, 1.82) is 0 Å². The first-order chi connectivity index (χ1) is 15.7. The van der Waals surface area contributed by atoms with E-state index in [1.807, 2.05) is 43.3 Å². The Bertz CT molecular complexity index is 1160. The summed E-state index contributed by atoms with van der Waals surface area (Å²) in [5, 5.41) is 3.32. The number of benzene rings is 1. The largest absolute Gasteiger partial charge is 0.484 e. The Labute approximate surface area is 202 Å². The molecule has 0 unspecified atom stereocenters. The maximum absolute atomic E-state index is 13.3. The molecule has 1 aromatic heterocycles.